The molecular weight excluding hydrogens is 260 g/mol. The molecule has 104 valence electrons. The molecule has 0 saturated carbocycles. The first-order valence-corrected chi connectivity index (χ1v) is 6.87. The third-order valence-electron chi connectivity index (χ3n) is 3.30. The van der Waals surface area contributed by atoms with Gasteiger partial charge in [0, 0.05) is 0 Å². The van der Waals surface area contributed by atoms with Gasteiger partial charge in [0.2, 0.25) is 0 Å². The SMILES string of the molecule is Oc1ccc(OCc2ccc(-c3ccccc3)cc2)cc1. The van der Waals surface area contributed by atoms with Crippen molar-refractivity contribution in [2.24, 2.45) is 0 Å². The minimum absolute atomic E-state index is 0.245. The first-order valence-electron chi connectivity index (χ1n) is 6.87. The topological polar surface area (TPSA) is 29.5 Å². The molecule has 3 aromatic rings. The van der Waals surface area contributed by atoms with E-state index in [1.54, 1.807) is 24.3 Å². The van der Waals surface area contributed by atoms with Gasteiger partial charge in [-0.1, -0.05) is 54.6 Å². The maximum Gasteiger partial charge on any atom is 0.120 e. The van der Waals surface area contributed by atoms with Crippen LogP contribution in [0.2, 0.25) is 0 Å². The van der Waals surface area contributed by atoms with E-state index in [1.165, 1.54) is 11.1 Å². The van der Waals surface area contributed by atoms with Crippen molar-refractivity contribution in [2.45, 2.75) is 6.61 Å². The van der Waals surface area contributed by atoms with E-state index < -0.39 is 0 Å². The number of ether oxygens (including phenoxy) is 1. The van der Waals surface area contributed by atoms with Gasteiger partial charge in [0.25, 0.3) is 0 Å². The summed E-state index contributed by atoms with van der Waals surface area (Å²) in [5.74, 6) is 0.995. The van der Waals surface area contributed by atoms with E-state index in [0.717, 1.165) is 11.3 Å². The van der Waals surface area contributed by atoms with Crippen molar-refractivity contribution in [2.75, 3.05) is 0 Å². The van der Waals surface area contributed by atoms with Crippen molar-refractivity contribution in [3.63, 3.8) is 0 Å². The lowest BCUT2D eigenvalue weighted by atomic mass is 10.0. The van der Waals surface area contributed by atoms with Gasteiger partial charge in [0.1, 0.15) is 18.1 Å². The predicted molar refractivity (Wildman–Crippen MR) is 84.3 cm³/mol. The van der Waals surface area contributed by atoms with Crippen LogP contribution in [0.4, 0.5) is 0 Å². The van der Waals surface area contributed by atoms with Crippen molar-refractivity contribution in [1.29, 1.82) is 0 Å². The van der Waals surface area contributed by atoms with Crippen molar-refractivity contribution >= 4 is 0 Å². The van der Waals surface area contributed by atoms with E-state index >= 15 is 0 Å². The average Bonchev–Trinajstić information content (AvgIpc) is 2.56. The molecule has 0 bridgehead atoms. The number of phenolic OH excluding ortho intramolecular Hbond substituents is 1. The molecule has 0 heterocycles. The van der Waals surface area contributed by atoms with Crippen LogP contribution in [0.5, 0.6) is 11.5 Å². The van der Waals surface area contributed by atoms with Gasteiger partial charge in [0.15, 0.2) is 0 Å². The molecule has 0 spiro atoms. The first kappa shape index (κ1) is 13.3. The van der Waals surface area contributed by atoms with Crippen LogP contribution in [0.3, 0.4) is 0 Å². The highest BCUT2D eigenvalue weighted by molar-refractivity contribution is 5.63. The van der Waals surface area contributed by atoms with Crippen LogP contribution in [-0.2, 0) is 6.61 Å². The standard InChI is InChI=1S/C19H16O2/c20-18-10-12-19(13-11-18)21-14-15-6-8-17(9-7-15)16-4-2-1-3-5-16/h1-13,20H,14H2. The van der Waals surface area contributed by atoms with Gasteiger partial charge in [-0.15, -0.1) is 0 Å². The Kier molecular flexibility index (Phi) is 3.88. The minimum atomic E-state index is 0.245. The fourth-order valence-corrected chi connectivity index (χ4v) is 2.13. The third-order valence-corrected chi connectivity index (χ3v) is 3.30. The van der Waals surface area contributed by atoms with Crippen molar-refractivity contribution in [1.82, 2.24) is 0 Å². The lowest BCUT2D eigenvalue weighted by molar-refractivity contribution is 0.305. The summed E-state index contributed by atoms with van der Waals surface area (Å²) in [5, 5.41) is 9.23. The summed E-state index contributed by atoms with van der Waals surface area (Å²) in [6.45, 7) is 0.514. The predicted octanol–water partition coefficient (Wildman–Crippen LogP) is 4.64. The number of aromatic hydroxyl groups is 1. The van der Waals surface area contributed by atoms with Gasteiger partial charge >= 0.3 is 0 Å². The monoisotopic (exact) mass is 276 g/mol. The summed E-state index contributed by atoms with van der Waals surface area (Å²) in [5.41, 5.74) is 3.52. The maximum absolute atomic E-state index is 9.23. The molecule has 0 saturated heterocycles. The molecule has 0 aliphatic carbocycles. The van der Waals surface area contributed by atoms with E-state index in [2.05, 4.69) is 36.4 Å². The van der Waals surface area contributed by atoms with Gasteiger partial charge in [-0.2, -0.15) is 0 Å². The number of hydrogen-bond acceptors (Lipinski definition) is 2. The molecule has 2 heteroatoms. The fraction of sp³-hybridized carbons (Fsp3) is 0.0526. The van der Waals surface area contributed by atoms with Gasteiger partial charge in [-0.25, -0.2) is 0 Å². The largest absolute Gasteiger partial charge is 0.508 e. The molecule has 2 nitrogen and oxygen atoms in total. The van der Waals surface area contributed by atoms with Crippen LogP contribution in [0, 0.1) is 0 Å². The van der Waals surface area contributed by atoms with Gasteiger partial charge in [-0.3, -0.25) is 0 Å². The van der Waals surface area contributed by atoms with Crippen molar-refractivity contribution < 1.29 is 9.84 Å². The zero-order chi connectivity index (χ0) is 14.5. The highest BCUT2D eigenvalue weighted by Gasteiger charge is 1.99. The summed E-state index contributed by atoms with van der Waals surface area (Å²) >= 11 is 0. The molecule has 0 amide bonds. The highest BCUT2D eigenvalue weighted by Crippen LogP contribution is 2.21. The molecule has 0 fully saturated rings. The summed E-state index contributed by atoms with van der Waals surface area (Å²) < 4.78 is 5.68. The Bertz CT molecular complexity index is 686. The van der Waals surface area contributed by atoms with E-state index in [-0.39, 0.29) is 5.75 Å². The third kappa shape index (κ3) is 3.42. The molecule has 0 unspecified atom stereocenters. The molecule has 0 atom stereocenters. The van der Waals surface area contributed by atoms with E-state index in [9.17, 15) is 5.11 Å². The summed E-state index contributed by atoms with van der Waals surface area (Å²) in [7, 11) is 0. The minimum Gasteiger partial charge on any atom is -0.508 e. The smallest absolute Gasteiger partial charge is 0.120 e. The Balaban J connectivity index is 1.66. The fourth-order valence-electron chi connectivity index (χ4n) is 2.13. The lowest BCUT2D eigenvalue weighted by Gasteiger charge is -2.07. The zero-order valence-corrected chi connectivity index (χ0v) is 11.6. The van der Waals surface area contributed by atoms with E-state index in [1.807, 2.05) is 18.2 Å². The average molecular weight is 276 g/mol. The number of phenols is 1. The molecular formula is C19H16O2. The van der Waals surface area contributed by atoms with Crippen LogP contribution in [0.15, 0.2) is 78.9 Å². The van der Waals surface area contributed by atoms with Crippen LogP contribution < -0.4 is 4.74 Å². The molecule has 0 aromatic heterocycles. The molecule has 3 rings (SSSR count). The molecule has 21 heavy (non-hydrogen) atoms. The molecule has 0 aliphatic heterocycles. The van der Waals surface area contributed by atoms with Crippen molar-refractivity contribution in [3.8, 4) is 22.6 Å². The Morgan fingerprint density at radius 1 is 0.667 bits per heavy atom. The Labute approximate surface area is 124 Å². The normalized spacial score (nSPS) is 10.3. The number of hydrogen-bond donors (Lipinski definition) is 1. The summed E-state index contributed by atoms with van der Waals surface area (Å²) in [6, 6.07) is 25.4. The lowest BCUT2D eigenvalue weighted by Crippen LogP contribution is -1.94. The summed E-state index contributed by atoms with van der Waals surface area (Å²) in [6.07, 6.45) is 0. The molecule has 3 aromatic carbocycles. The molecule has 1 N–H and O–H groups in total. The Morgan fingerprint density at radius 2 is 1.29 bits per heavy atom. The summed E-state index contributed by atoms with van der Waals surface area (Å²) in [4.78, 5) is 0. The van der Waals surface area contributed by atoms with Gasteiger partial charge in [0.05, 0.1) is 0 Å². The molecule has 0 aliphatic rings. The Hall–Kier alpha value is -2.74. The quantitative estimate of drug-likeness (QED) is 0.752. The first-order chi connectivity index (χ1) is 10.3. The van der Waals surface area contributed by atoms with E-state index in [0.29, 0.717) is 6.61 Å². The van der Waals surface area contributed by atoms with Gasteiger partial charge in [-0.05, 0) is 41.0 Å². The van der Waals surface area contributed by atoms with Crippen molar-refractivity contribution in [3.05, 3.63) is 84.4 Å². The second-order valence-corrected chi connectivity index (χ2v) is 4.85. The number of rotatable bonds is 4. The maximum atomic E-state index is 9.23. The second kappa shape index (κ2) is 6.14. The van der Waals surface area contributed by atoms with Crippen LogP contribution in [-0.4, -0.2) is 5.11 Å². The second-order valence-electron chi connectivity index (χ2n) is 4.85. The zero-order valence-electron chi connectivity index (χ0n) is 11.6. The van der Waals surface area contributed by atoms with Gasteiger partial charge < -0.3 is 9.84 Å². The number of benzene rings is 3. The molecule has 0 radical (unpaired) electrons. The van der Waals surface area contributed by atoms with E-state index in [4.69, 9.17) is 4.74 Å². The highest BCUT2D eigenvalue weighted by atomic mass is 16.5. The van der Waals surface area contributed by atoms with Crippen LogP contribution in [0.25, 0.3) is 11.1 Å². The Morgan fingerprint density at radius 3 is 1.95 bits per heavy atom. The van der Waals surface area contributed by atoms with Crippen LogP contribution >= 0.6 is 0 Å². The van der Waals surface area contributed by atoms with Crippen LogP contribution in [0.1, 0.15) is 5.56 Å².